The van der Waals surface area contributed by atoms with Crippen molar-refractivity contribution in [3.05, 3.63) is 215 Å². The van der Waals surface area contributed by atoms with E-state index in [2.05, 4.69) is 169 Å². The van der Waals surface area contributed by atoms with Gasteiger partial charge in [0, 0.05) is 24.6 Å². The third kappa shape index (κ3) is 12.2. The summed E-state index contributed by atoms with van der Waals surface area (Å²) in [7, 11) is 0. The highest BCUT2D eigenvalue weighted by Gasteiger charge is 2.37. The summed E-state index contributed by atoms with van der Waals surface area (Å²) in [5.74, 6) is 1.43. The number of nitrogens with one attached hydrogen (secondary N) is 1. The van der Waals surface area contributed by atoms with Crippen LogP contribution in [0.15, 0.2) is 182 Å². The van der Waals surface area contributed by atoms with Crippen LogP contribution in [0.25, 0.3) is 0 Å². The monoisotopic (exact) mass is 826 g/mol. The number of amides is 1. The van der Waals surface area contributed by atoms with Crippen LogP contribution in [0.4, 0.5) is 0 Å². The minimum Gasteiger partial charge on any atom is -0.354 e. The van der Waals surface area contributed by atoms with Crippen molar-refractivity contribution in [1.29, 1.82) is 0 Å². The van der Waals surface area contributed by atoms with Crippen molar-refractivity contribution < 1.29 is 9.59 Å². The van der Waals surface area contributed by atoms with Gasteiger partial charge in [-0.3, -0.25) is 9.59 Å². The van der Waals surface area contributed by atoms with Crippen molar-refractivity contribution in [3.8, 4) is 0 Å². The first kappa shape index (κ1) is 43.7. The molecule has 0 bridgehead atoms. The van der Waals surface area contributed by atoms with Gasteiger partial charge in [-0.2, -0.15) is 0 Å². The molecule has 0 aliphatic carbocycles. The molecule has 0 fully saturated rings. The normalized spacial score (nSPS) is 10.9. The van der Waals surface area contributed by atoms with E-state index in [-0.39, 0.29) is 27.2 Å². The Balaban J connectivity index is 0.000000220. The molecule has 0 saturated heterocycles. The smallest absolute Gasteiger partial charge is 0.236 e. The summed E-state index contributed by atoms with van der Waals surface area (Å²) in [6, 6.07) is 63.7. The average Bonchev–Trinajstić information content (AvgIpc) is 3.26. The van der Waals surface area contributed by atoms with E-state index in [9.17, 15) is 9.59 Å². The molecule has 0 heterocycles. The fourth-order valence-corrected chi connectivity index (χ4v) is 9.04. The van der Waals surface area contributed by atoms with Crippen molar-refractivity contribution in [1.82, 2.24) is 5.32 Å². The molecule has 3 N–H and O–H groups in total. The highest BCUT2D eigenvalue weighted by atomic mass is 35.5. The summed E-state index contributed by atoms with van der Waals surface area (Å²) in [6.45, 7) is 1.24. The molecule has 6 aromatic rings. The third-order valence-corrected chi connectivity index (χ3v) is 12.4. The minimum absolute atomic E-state index is 0.00807. The second kappa shape index (κ2) is 23.8. The molecule has 0 aromatic heterocycles. The van der Waals surface area contributed by atoms with Gasteiger partial charge in [-0.25, -0.2) is 0 Å². The van der Waals surface area contributed by atoms with Crippen LogP contribution in [0.1, 0.15) is 33.4 Å². The van der Waals surface area contributed by atoms with E-state index in [4.69, 9.17) is 40.5 Å². The SMILES string of the molecule is NCCSC(c1ccccc1)(c1ccccc1)c1ccccc1.O=C(CCl)NCCSC(c1ccccc1)(c1ccccc1)c1ccccc1.O=C(Cl)CCl. The third-order valence-electron chi connectivity index (χ3n) is 8.49. The zero-order valence-corrected chi connectivity index (χ0v) is 34.3. The zero-order valence-electron chi connectivity index (χ0n) is 30.4. The number of nitrogens with two attached hydrogens (primary N) is 1. The molecule has 4 nitrogen and oxygen atoms in total. The van der Waals surface area contributed by atoms with Gasteiger partial charge in [0.15, 0.2) is 0 Å². The zero-order chi connectivity index (χ0) is 39.2. The highest BCUT2D eigenvalue weighted by molar-refractivity contribution is 8.00. The summed E-state index contributed by atoms with van der Waals surface area (Å²) in [5, 5.41) is 2.36. The molecule has 0 atom stereocenters. The molecule has 6 rings (SSSR count). The fraction of sp³-hybridized carbons (Fsp3) is 0.174. The minimum atomic E-state index is -0.508. The first-order valence-electron chi connectivity index (χ1n) is 17.8. The van der Waals surface area contributed by atoms with Gasteiger partial charge in [0.1, 0.15) is 5.88 Å². The van der Waals surface area contributed by atoms with Crippen molar-refractivity contribution in [2.45, 2.75) is 9.49 Å². The number of rotatable bonds is 15. The molecule has 1 amide bonds. The summed E-state index contributed by atoms with van der Waals surface area (Å²) >= 11 is 18.9. The van der Waals surface area contributed by atoms with Gasteiger partial charge in [-0.15, -0.1) is 46.7 Å². The molecule has 284 valence electrons. The summed E-state index contributed by atoms with van der Waals surface area (Å²) in [5.41, 5.74) is 13.4. The Hall–Kier alpha value is -4.01. The number of hydrogen-bond acceptors (Lipinski definition) is 5. The molecular formula is C46H45Cl3N2O2S2. The van der Waals surface area contributed by atoms with E-state index in [0.717, 1.165) is 11.5 Å². The molecule has 0 aliphatic rings. The molecule has 0 unspecified atom stereocenters. The van der Waals surface area contributed by atoms with E-state index in [0.29, 0.717) is 13.1 Å². The molecule has 6 aromatic carbocycles. The van der Waals surface area contributed by atoms with Gasteiger partial charge in [0.05, 0.1) is 15.4 Å². The second-order valence-corrected chi connectivity index (χ2v) is 15.6. The Morgan fingerprint density at radius 1 is 0.473 bits per heavy atom. The van der Waals surface area contributed by atoms with Gasteiger partial charge in [-0.1, -0.05) is 182 Å². The van der Waals surface area contributed by atoms with Crippen LogP contribution in [0.3, 0.4) is 0 Å². The van der Waals surface area contributed by atoms with Crippen LogP contribution in [0.2, 0.25) is 0 Å². The van der Waals surface area contributed by atoms with E-state index in [1.165, 1.54) is 33.4 Å². The molecule has 55 heavy (non-hydrogen) atoms. The van der Waals surface area contributed by atoms with Crippen LogP contribution in [0, 0.1) is 0 Å². The van der Waals surface area contributed by atoms with Crippen molar-refractivity contribution in [2.75, 3.05) is 36.4 Å². The van der Waals surface area contributed by atoms with E-state index in [1.807, 2.05) is 41.7 Å². The Bertz CT molecular complexity index is 1770. The summed E-state index contributed by atoms with van der Waals surface area (Å²) in [4.78, 5) is 20.9. The fourth-order valence-electron chi connectivity index (χ4n) is 6.19. The predicted octanol–water partition coefficient (Wildman–Crippen LogP) is 10.7. The number of halogens is 3. The van der Waals surface area contributed by atoms with Crippen molar-refractivity contribution in [3.63, 3.8) is 0 Å². The number of hydrogen-bond donors (Lipinski definition) is 2. The van der Waals surface area contributed by atoms with E-state index < -0.39 is 5.24 Å². The quantitative estimate of drug-likeness (QED) is 0.0467. The average molecular weight is 828 g/mol. The first-order valence-corrected chi connectivity index (χ1v) is 21.2. The number of carbonyl (C=O) groups is 2. The Morgan fingerprint density at radius 3 is 0.945 bits per heavy atom. The molecule has 9 heteroatoms. The lowest BCUT2D eigenvalue weighted by Gasteiger charge is -2.35. The number of carbonyl (C=O) groups excluding carboxylic acids is 2. The highest BCUT2D eigenvalue weighted by Crippen LogP contribution is 2.49. The largest absolute Gasteiger partial charge is 0.354 e. The molecular weight excluding hydrogens is 783 g/mol. The lowest BCUT2D eigenvalue weighted by Crippen LogP contribution is -2.30. The lowest BCUT2D eigenvalue weighted by molar-refractivity contribution is -0.118. The Kier molecular flexibility index (Phi) is 18.9. The van der Waals surface area contributed by atoms with Gasteiger partial charge in [0.25, 0.3) is 0 Å². The maximum absolute atomic E-state index is 11.5. The van der Waals surface area contributed by atoms with Crippen LogP contribution in [0.5, 0.6) is 0 Å². The topological polar surface area (TPSA) is 72.2 Å². The Morgan fingerprint density at radius 2 is 0.727 bits per heavy atom. The molecule has 0 saturated carbocycles. The predicted molar refractivity (Wildman–Crippen MR) is 238 cm³/mol. The number of benzene rings is 6. The Labute approximate surface area is 349 Å². The number of thioether (sulfide) groups is 2. The van der Waals surface area contributed by atoms with Gasteiger partial charge < -0.3 is 11.1 Å². The van der Waals surface area contributed by atoms with Crippen molar-refractivity contribution in [2.24, 2.45) is 5.73 Å². The van der Waals surface area contributed by atoms with Gasteiger partial charge in [0.2, 0.25) is 11.1 Å². The molecule has 0 spiro atoms. The van der Waals surface area contributed by atoms with Crippen LogP contribution < -0.4 is 11.1 Å². The summed E-state index contributed by atoms with van der Waals surface area (Å²) < 4.78 is -0.585. The lowest BCUT2D eigenvalue weighted by atomic mass is 9.84. The molecule has 0 aliphatic heterocycles. The molecule has 0 radical (unpaired) electrons. The maximum Gasteiger partial charge on any atom is 0.236 e. The standard InChI is InChI=1S/C23H22ClNOS.C21H21NS.C2H2Cl2O/c24-18-22(26)25-16-17-27-23(19-10-4-1-5-11-19,20-12-6-2-7-13-20)21-14-8-3-9-15-21;22-16-17-23-21(18-10-4-1-5-11-18,19-12-6-2-7-13-19)20-14-8-3-9-15-20;3-1-2(4)5/h1-15H,16-18H2,(H,25,26);1-15H,16-17,22H2;1H2. The number of alkyl halides is 2. The van der Waals surface area contributed by atoms with Gasteiger partial charge >= 0.3 is 0 Å². The second-order valence-electron chi connectivity index (χ2n) is 12.0. The maximum atomic E-state index is 11.5. The summed E-state index contributed by atoms with van der Waals surface area (Å²) in [6.07, 6.45) is 0. The first-order chi connectivity index (χ1) is 26.9. The van der Waals surface area contributed by atoms with E-state index >= 15 is 0 Å². The van der Waals surface area contributed by atoms with Crippen LogP contribution >= 0.6 is 58.3 Å². The van der Waals surface area contributed by atoms with E-state index in [1.54, 1.807) is 0 Å². The van der Waals surface area contributed by atoms with Crippen LogP contribution in [-0.2, 0) is 19.1 Å². The van der Waals surface area contributed by atoms with Crippen LogP contribution in [-0.4, -0.2) is 47.5 Å². The van der Waals surface area contributed by atoms with Crippen molar-refractivity contribution >= 4 is 69.5 Å². The van der Waals surface area contributed by atoms with Gasteiger partial charge in [-0.05, 0) is 45.0 Å².